The van der Waals surface area contributed by atoms with E-state index in [4.69, 9.17) is 16.0 Å². The van der Waals surface area contributed by atoms with Crippen LogP contribution in [-0.4, -0.2) is 11.0 Å². The number of carboxylic acids is 1. The second-order valence-electron chi connectivity index (χ2n) is 6.15. The summed E-state index contributed by atoms with van der Waals surface area (Å²) >= 11 is 9.53. The minimum atomic E-state index is -1.29. The van der Waals surface area contributed by atoms with E-state index in [9.17, 15) is 9.90 Å². The Kier molecular flexibility index (Phi) is 4.50. The van der Waals surface area contributed by atoms with E-state index in [-0.39, 0.29) is 5.56 Å². The van der Waals surface area contributed by atoms with E-state index in [0.717, 1.165) is 15.6 Å². The predicted octanol–water partition coefficient (Wildman–Crippen LogP) is 5.25. The molecule has 4 nitrogen and oxygen atoms in total. The molecule has 0 atom stereocenters. The van der Waals surface area contributed by atoms with Crippen LogP contribution in [0.25, 0.3) is 33.7 Å². The number of pyridine rings is 1. The van der Waals surface area contributed by atoms with E-state index in [1.54, 1.807) is 24.3 Å². The fraction of sp³-hybridized carbons (Fsp3) is 0.0476. The number of hydrogen-bond acceptors (Lipinski definition) is 4. The van der Waals surface area contributed by atoms with E-state index in [1.165, 1.54) is 6.07 Å². The van der Waals surface area contributed by atoms with E-state index in [1.807, 2.05) is 31.2 Å². The Morgan fingerprint density at radius 1 is 1.07 bits per heavy atom. The van der Waals surface area contributed by atoms with Crippen LogP contribution in [-0.2, 0) is 0 Å². The maximum atomic E-state index is 11.6. The molecule has 0 unspecified atom stereocenters. The highest BCUT2D eigenvalue weighted by molar-refractivity contribution is 9.10. The fourth-order valence-corrected chi connectivity index (χ4v) is 3.79. The van der Waals surface area contributed by atoms with Crippen molar-refractivity contribution in [2.75, 3.05) is 0 Å². The molecule has 2 aromatic heterocycles. The van der Waals surface area contributed by atoms with Crippen molar-refractivity contribution in [1.82, 2.24) is 4.98 Å². The van der Waals surface area contributed by atoms with Crippen LogP contribution in [0.1, 0.15) is 15.9 Å². The summed E-state index contributed by atoms with van der Waals surface area (Å²) in [4.78, 5) is 16.1. The zero-order valence-corrected chi connectivity index (χ0v) is 16.5. The number of rotatable bonds is 3. The average Bonchev–Trinajstić information content (AvgIpc) is 3.10. The van der Waals surface area contributed by atoms with E-state index in [0.29, 0.717) is 33.1 Å². The molecular weight excluding hydrogens is 430 g/mol. The molecule has 2 heterocycles. The number of aromatic nitrogens is 1. The SMILES string of the molecule is Cc1ccc(-c2ccc(-c3cc(C(=O)[O-])c4cc(Cl)ccc4n3)o2)c(Br)c1. The predicted molar refractivity (Wildman–Crippen MR) is 107 cm³/mol. The van der Waals surface area contributed by atoms with Gasteiger partial charge in [-0.3, -0.25) is 0 Å². The smallest absolute Gasteiger partial charge is 0.153 e. The number of aryl methyl sites for hydroxylation is 1. The van der Waals surface area contributed by atoms with Gasteiger partial charge in [0, 0.05) is 26.0 Å². The standard InChI is InChI=1S/C21H13BrClNO3/c1-11-2-4-13(16(22)8-11)19-6-7-20(27-19)18-10-15(21(25)26)14-9-12(23)3-5-17(14)24-18/h2-10H,1H3,(H,25,26)/p-1. The first-order valence-corrected chi connectivity index (χ1v) is 9.28. The Hall–Kier alpha value is -2.63. The molecule has 2 aromatic carbocycles. The summed E-state index contributed by atoms with van der Waals surface area (Å²) < 4.78 is 6.87. The lowest BCUT2D eigenvalue weighted by Gasteiger charge is -2.10. The number of carboxylic acid groups (broad SMARTS) is 1. The lowest BCUT2D eigenvalue weighted by Crippen LogP contribution is -2.22. The minimum Gasteiger partial charge on any atom is -0.545 e. The second kappa shape index (κ2) is 6.83. The van der Waals surface area contributed by atoms with Gasteiger partial charge in [0.05, 0.1) is 11.5 Å². The van der Waals surface area contributed by atoms with Crippen LogP contribution in [0.4, 0.5) is 0 Å². The van der Waals surface area contributed by atoms with Crippen LogP contribution in [0.2, 0.25) is 5.02 Å². The van der Waals surface area contributed by atoms with Crippen LogP contribution in [0, 0.1) is 6.92 Å². The molecule has 0 amide bonds. The molecule has 0 saturated heterocycles. The molecule has 0 saturated carbocycles. The van der Waals surface area contributed by atoms with Gasteiger partial charge < -0.3 is 14.3 Å². The molecule has 134 valence electrons. The molecule has 0 aliphatic heterocycles. The first-order chi connectivity index (χ1) is 12.9. The molecule has 0 fully saturated rings. The van der Waals surface area contributed by atoms with Crippen LogP contribution in [0.15, 0.2) is 63.5 Å². The quantitative estimate of drug-likeness (QED) is 0.435. The van der Waals surface area contributed by atoms with Gasteiger partial charge >= 0.3 is 0 Å². The summed E-state index contributed by atoms with van der Waals surface area (Å²) in [6.07, 6.45) is 0. The van der Waals surface area contributed by atoms with Crippen molar-refractivity contribution in [2.45, 2.75) is 6.92 Å². The van der Waals surface area contributed by atoms with Crippen molar-refractivity contribution in [2.24, 2.45) is 0 Å². The number of carbonyl (C=O) groups is 1. The Labute approximate surface area is 168 Å². The van der Waals surface area contributed by atoms with Crippen LogP contribution in [0.5, 0.6) is 0 Å². The molecule has 4 rings (SSSR count). The third kappa shape index (κ3) is 3.36. The lowest BCUT2D eigenvalue weighted by atomic mass is 10.1. The van der Waals surface area contributed by atoms with Crippen molar-refractivity contribution in [1.29, 1.82) is 0 Å². The molecule has 4 aromatic rings. The number of furan rings is 1. The molecule has 0 radical (unpaired) electrons. The Morgan fingerprint density at radius 2 is 1.85 bits per heavy atom. The first-order valence-electron chi connectivity index (χ1n) is 8.11. The summed E-state index contributed by atoms with van der Waals surface area (Å²) in [5.74, 6) is -0.166. The molecule has 0 aliphatic carbocycles. The molecule has 0 aliphatic rings. The number of aromatic carboxylic acids is 1. The number of fused-ring (bicyclic) bond motifs is 1. The maximum absolute atomic E-state index is 11.6. The van der Waals surface area contributed by atoms with Gasteiger partial charge in [0.2, 0.25) is 0 Å². The second-order valence-corrected chi connectivity index (χ2v) is 7.44. The zero-order valence-electron chi connectivity index (χ0n) is 14.1. The van der Waals surface area contributed by atoms with Gasteiger partial charge in [0.1, 0.15) is 11.5 Å². The third-order valence-corrected chi connectivity index (χ3v) is 5.13. The van der Waals surface area contributed by atoms with Crippen molar-refractivity contribution in [3.8, 4) is 22.8 Å². The number of carbonyl (C=O) groups excluding carboxylic acids is 1. The number of halogens is 2. The Bertz CT molecular complexity index is 1200. The summed E-state index contributed by atoms with van der Waals surface area (Å²) in [6, 6.07) is 15.9. The summed E-state index contributed by atoms with van der Waals surface area (Å²) in [5, 5.41) is 12.5. The Balaban J connectivity index is 1.85. The van der Waals surface area contributed by atoms with Crippen LogP contribution >= 0.6 is 27.5 Å². The van der Waals surface area contributed by atoms with Crippen LogP contribution < -0.4 is 5.11 Å². The van der Waals surface area contributed by atoms with Gasteiger partial charge in [0.15, 0.2) is 5.76 Å². The zero-order chi connectivity index (χ0) is 19.1. The fourth-order valence-electron chi connectivity index (χ4n) is 2.93. The van der Waals surface area contributed by atoms with Crippen molar-refractivity contribution in [3.05, 3.63) is 75.2 Å². The summed E-state index contributed by atoms with van der Waals surface area (Å²) in [7, 11) is 0. The molecule has 0 N–H and O–H groups in total. The van der Waals surface area contributed by atoms with Gasteiger partial charge in [-0.15, -0.1) is 0 Å². The largest absolute Gasteiger partial charge is 0.545 e. The number of benzene rings is 2. The van der Waals surface area contributed by atoms with E-state index < -0.39 is 5.97 Å². The molecule has 0 spiro atoms. The number of nitrogens with zero attached hydrogens (tertiary/aromatic N) is 1. The van der Waals surface area contributed by atoms with Gasteiger partial charge in [-0.2, -0.15) is 0 Å². The average molecular weight is 442 g/mol. The van der Waals surface area contributed by atoms with Gasteiger partial charge in [-0.25, -0.2) is 4.98 Å². The monoisotopic (exact) mass is 440 g/mol. The van der Waals surface area contributed by atoms with E-state index in [2.05, 4.69) is 20.9 Å². The van der Waals surface area contributed by atoms with Gasteiger partial charge in [0.25, 0.3) is 0 Å². The highest BCUT2D eigenvalue weighted by Gasteiger charge is 2.14. The van der Waals surface area contributed by atoms with Gasteiger partial charge in [-0.1, -0.05) is 33.6 Å². The van der Waals surface area contributed by atoms with Crippen molar-refractivity contribution < 1.29 is 14.3 Å². The van der Waals surface area contributed by atoms with Crippen LogP contribution in [0.3, 0.4) is 0 Å². The molecule has 0 bridgehead atoms. The third-order valence-electron chi connectivity index (χ3n) is 4.24. The highest BCUT2D eigenvalue weighted by atomic mass is 79.9. The normalized spacial score (nSPS) is 11.1. The first kappa shape index (κ1) is 17.8. The van der Waals surface area contributed by atoms with Crippen molar-refractivity contribution in [3.63, 3.8) is 0 Å². The van der Waals surface area contributed by atoms with Crippen molar-refractivity contribution >= 4 is 44.4 Å². The lowest BCUT2D eigenvalue weighted by molar-refractivity contribution is -0.254. The molecule has 27 heavy (non-hydrogen) atoms. The summed E-state index contributed by atoms with van der Waals surface area (Å²) in [6.45, 7) is 2.01. The summed E-state index contributed by atoms with van der Waals surface area (Å²) in [5.41, 5.74) is 2.97. The topological polar surface area (TPSA) is 66.2 Å². The molecular formula is C21H12BrClNO3-. The van der Waals surface area contributed by atoms with E-state index >= 15 is 0 Å². The molecule has 6 heteroatoms. The van der Waals surface area contributed by atoms with Gasteiger partial charge in [-0.05, 0) is 61.0 Å². The Morgan fingerprint density at radius 3 is 2.59 bits per heavy atom. The maximum Gasteiger partial charge on any atom is 0.153 e. The highest BCUT2D eigenvalue weighted by Crippen LogP contribution is 2.34. The number of hydrogen-bond donors (Lipinski definition) is 0. The minimum absolute atomic E-state index is 0.0203.